The number of rotatable bonds is 0. The Bertz CT molecular complexity index is 490. The lowest BCUT2D eigenvalue weighted by molar-refractivity contribution is 0.151. The molecule has 1 aromatic rings. The first-order valence-electron chi connectivity index (χ1n) is 7.79. The Kier molecular flexibility index (Phi) is 3.68. The molecule has 2 aliphatic heterocycles. The summed E-state index contributed by atoms with van der Waals surface area (Å²) in [5, 5.41) is 0. The fourth-order valence-corrected chi connectivity index (χ4v) is 3.72. The van der Waals surface area contributed by atoms with E-state index in [0.29, 0.717) is 11.8 Å². The van der Waals surface area contributed by atoms with E-state index in [9.17, 15) is 4.79 Å². The number of carbonyl (C=O) groups excluding carboxylic acids is 1. The van der Waals surface area contributed by atoms with Crippen LogP contribution in [0.1, 0.15) is 32.3 Å². The number of urea groups is 1. The van der Waals surface area contributed by atoms with Gasteiger partial charge in [-0.15, -0.1) is 0 Å². The normalized spacial score (nSPS) is 26.3. The van der Waals surface area contributed by atoms with Gasteiger partial charge >= 0.3 is 6.03 Å². The fraction of sp³-hybridized carbons (Fsp3) is 0.588. The molecular weight excluding hydrogens is 248 g/mol. The number of anilines is 1. The van der Waals surface area contributed by atoms with Crippen molar-refractivity contribution in [3.8, 4) is 0 Å². The molecule has 0 saturated carbocycles. The first-order chi connectivity index (χ1) is 9.65. The topological polar surface area (TPSA) is 23.6 Å². The number of carbonyl (C=O) groups is 1. The lowest BCUT2D eigenvalue weighted by atomic mass is 9.92. The standard InChI is InChI=1S/C17H24N2O/c1-13-10-14(2)12-18(11-13)17(20)19-9-5-7-15-6-3-4-8-16(15)19/h3-4,6,8,13-14H,5,7,9-12H2,1-2H3. The molecule has 0 aliphatic carbocycles. The fourth-order valence-electron chi connectivity index (χ4n) is 3.72. The average molecular weight is 272 g/mol. The van der Waals surface area contributed by atoms with E-state index < -0.39 is 0 Å². The van der Waals surface area contributed by atoms with Crippen LogP contribution in [0.4, 0.5) is 10.5 Å². The maximum atomic E-state index is 12.9. The molecule has 0 bridgehead atoms. The van der Waals surface area contributed by atoms with E-state index in [-0.39, 0.29) is 6.03 Å². The van der Waals surface area contributed by atoms with Crippen molar-refractivity contribution in [2.75, 3.05) is 24.5 Å². The Hall–Kier alpha value is -1.51. The van der Waals surface area contributed by atoms with Gasteiger partial charge in [0.25, 0.3) is 0 Å². The number of piperidine rings is 1. The number of nitrogens with zero attached hydrogens (tertiary/aromatic N) is 2. The minimum Gasteiger partial charge on any atom is -0.324 e. The van der Waals surface area contributed by atoms with E-state index in [1.807, 2.05) is 11.0 Å². The third-order valence-electron chi connectivity index (χ3n) is 4.48. The van der Waals surface area contributed by atoms with E-state index in [4.69, 9.17) is 0 Å². The van der Waals surface area contributed by atoms with Crippen LogP contribution in [-0.2, 0) is 6.42 Å². The summed E-state index contributed by atoms with van der Waals surface area (Å²) in [6, 6.07) is 8.54. The van der Waals surface area contributed by atoms with Crippen molar-refractivity contribution in [3.05, 3.63) is 29.8 Å². The maximum absolute atomic E-state index is 12.9. The third kappa shape index (κ3) is 2.54. The summed E-state index contributed by atoms with van der Waals surface area (Å²) in [5.74, 6) is 1.23. The molecular formula is C17H24N2O. The summed E-state index contributed by atoms with van der Waals surface area (Å²) >= 11 is 0. The average Bonchev–Trinajstić information content (AvgIpc) is 2.45. The maximum Gasteiger partial charge on any atom is 0.324 e. The van der Waals surface area contributed by atoms with Crippen LogP contribution in [0.15, 0.2) is 24.3 Å². The predicted molar refractivity (Wildman–Crippen MR) is 82.0 cm³/mol. The molecule has 108 valence electrons. The van der Waals surface area contributed by atoms with Gasteiger partial charge in [-0.2, -0.15) is 0 Å². The predicted octanol–water partition coefficient (Wildman–Crippen LogP) is 3.54. The minimum absolute atomic E-state index is 0.204. The van der Waals surface area contributed by atoms with Gasteiger partial charge in [0.15, 0.2) is 0 Å². The van der Waals surface area contributed by atoms with Crippen molar-refractivity contribution in [1.29, 1.82) is 0 Å². The molecule has 2 atom stereocenters. The van der Waals surface area contributed by atoms with Crippen LogP contribution in [0, 0.1) is 11.8 Å². The van der Waals surface area contributed by atoms with Crippen LogP contribution in [-0.4, -0.2) is 30.6 Å². The monoisotopic (exact) mass is 272 g/mol. The van der Waals surface area contributed by atoms with Crippen molar-refractivity contribution in [2.24, 2.45) is 11.8 Å². The largest absolute Gasteiger partial charge is 0.324 e. The van der Waals surface area contributed by atoms with Gasteiger partial charge < -0.3 is 4.90 Å². The Labute approximate surface area is 121 Å². The van der Waals surface area contributed by atoms with Crippen LogP contribution in [0.5, 0.6) is 0 Å². The highest BCUT2D eigenvalue weighted by atomic mass is 16.2. The van der Waals surface area contributed by atoms with Crippen molar-refractivity contribution in [3.63, 3.8) is 0 Å². The van der Waals surface area contributed by atoms with Gasteiger partial charge in [0.1, 0.15) is 0 Å². The number of amides is 2. The van der Waals surface area contributed by atoms with Gasteiger partial charge in [0.2, 0.25) is 0 Å². The second kappa shape index (κ2) is 5.47. The van der Waals surface area contributed by atoms with Crippen LogP contribution >= 0.6 is 0 Å². The summed E-state index contributed by atoms with van der Waals surface area (Å²) in [4.78, 5) is 16.9. The Morgan fingerprint density at radius 1 is 1.15 bits per heavy atom. The van der Waals surface area contributed by atoms with E-state index in [1.165, 1.54) is 12.0 Å². The van der Waals surface area contributed by atoms with Gasteiger partial charge in [0, 0.05) is 25.3 Å². The molecule has 3 nitrogen and oxygen atoms in total. The summed E-state index contributed by atoms with van der Waals surface area (Å²) in [6.07, 6.45) is 3.40. The molecule has 3 rings (SSSR count). The first kappa shape index (κ1) is 13.5. The summed E-state index contributed by atoms with van der Waals surface area (Å²) in [7, 11) is 0. The summed E-state index contributed by atoms with van der Waals surface area (Å²) < 4.78 is 0. The van der Waals surface area contributed by atoms with Crippen LogP contribution in [0.25, 0.3) is 0 Å². The Balaban J connectivity index is 1.81. The zero-order valence-corrected chi connectivity index (χ0v) is 12.5. The second-order valence-corrected chi connectivity index (χ2v) is 6.52. The molecule has 2 aliphatic rings. The van der Waals surface area contributed by atoms with E-state index in [1.54, 1.807) is 0 Å². The molecule has 3 heteroatoms. The zero-order chi connectivity index (χ0) is 14.1. The smallest absolute Gasteiger partial charge is 0.324 e. The second-order valence-electron chi connectivity index (χ2n) is 6.52. The molecule has 20 heavy (non-hydrogen) atoms. The van der Waals surface area contributed by atoms with Gasteiger partial charge in [0.05, 0.1) is 0 Å². The van der Waals surface area contributed by atoms with Crippen LogP contribution < -0.4 is 4.90 Å². The molecule has 0 spiro atoms. The molecule has 1 fully saturated rings. The van der Waals surface area contributed by atoms with Crippen molar-refractivity contribution >= 4 is 11.7 Å². The number of likely N-dealkylation sites (tertiary alicyclic amines) is 1. The third-order valence-corrected chi connectivity index (χ3v) is 4.48. The van der Waals surface area contributed by atoms with E-state index in [2.05, 4.69) is 36.9 Å². The van der Waals surface area contributed by atoms with E-state index in [0.717, 1.165) is 38.2 Å². The number of benzene rings is 1. The molecule has 0 N–H and O–H groups in total. The lowest BCUT2D eigenvalue weighted by Crippen LogP contribution is -2.50. The Morgan fingerprint density at radius 2 is 1.85 bits per heavy atom. The number of para-hydroxylation sites is 1. The van der Waals surface area contributed by atoms with Crippen molar-refractivity contribution < 1.29 is 4.79 Å². The lowest BCUT2D eigenvalue weighted by Gasteiger charge is -2.39. The van der Waals surface area contributed by atoms with Crippen LogP contribution in [0.2, 0.25) is 0 Å². The molecule has 1 saturated heterocycles. The van der Waals surface area contributed by atoms with Gasteiger partial charge in [-0.05, 0) is 42.7 Å². The number of aryl methyl sites for hydroxylation is 1. The highest BCUT2D eigenvalue weighted by Crippen LogP contribution is 2.29. The van der Waals surface area contributed by atoms with Crippen LogP contribution in [0.3, 0.4) is 0 Å². The molecule has 0 radical (unpaired) electrons. The van der Waals surface area contributed by atoms with Gasteiger partial charge in [-0.3, -0.25) is 4.90 Å². The summed E-state index contributed by atoms with van der Waals surface area (Å²) in [5.41, 5.74) is 2.43. The molecule has 0 aromatic heterocycles. The highest BCUT2D eigenvalue weighted by Gasteiger charge is 2.30. The quantitative estimate of drug-likeness (QED) is 0.708. The molecule has 2 unspecified atom stereocenters. The minimum atomic E-state index is 0.204. The molecule has 2 amide bonds. The first-order valence-corrected chi connectivity index (χ1v) is 7.79. The van der Waals surface area contributed by atoms with E-state index >= 15 is 0 Å². The van der Waals surface area contributed by atoms with Crippen molar-refractivity contribution in [1.82, 2.24) is 4.90 Å². The number of hydrogen-bond donors (Lipinski definition) is 0. The Morgan fingerprint density at radius 3 is 2.60 bits per heavy atom. The summed E-state index contributed by atoms with van der Waals surface area (Å²) in [6.45, 7) is 7.17. The van der Waals surface area contributed by atoms with Gasteiger partial charge in [-0.1, -0.05) is 32.0 Å². The molecule has 1 aromatic carbocycles. The molecule has 2 heterocycles. The van der Waals surface area contributed by atoms with Crippen molar-refractivity contribution in [2.45, 2.75) is 33.1 Å². The zero-order valence-electron chi connectivity index (χ0n) is 12.5. The van der Waals surface area contributed by atoms with Gasteiger partial charge in [-0.25, -0.2) is 4.79 Å². The highest BCUT2D eigenvalue weighted by molar-refractivity contribution is 5.93. The number of hydrogen-bond acceptors (Lipinski definition) is 1. The number of fused-ring (bicyclic) bond motifs is 1. The SMILES string of the molecule is CC1CC(C)CN(C(=O)N2CCCc3ccccc32)C1.